The highest BCUT2D eigenvalue weighted by molar-refractivity contribution is 5.36. The van der Waals surface area contributed by atoms with E-state index in [0.717, 1.165) is 5.92 Å². The lowest BCUT2D eigenvalue weighted by Crippen LogP contribution is -3.12. The van der Waals surface area contributed by atoms with Gasteiger partial charge < -0.3 is 4.90 Å². The van der Waals surface area contributed by atoms with Gasteiger partial charge in [-0.2, -0.15) is 0 Å². The molecule has 1 aliphatic rings. The molecule has 2 aromatic carbocycles. The van der Waals surface area contributed by atoms with Gasteiger partial charge in [-0.05, 0) is 37.8 Å². The minimum atomic E-state index is 0.550. The Bertz CT molecular complexity index is 621. The minimum absolute atomic E-state index is 0.550. The van der Waals surface area contributed by atoms with E-state index >= 15 is 0 Å². The van der Waals surface area contributed by atoms with Crippen molar-refractivity contribution in [3.05, 3.63) is 70.8 Å². The average Bonchev–Trinajstić information content (AvgIpc) is 2.58. The van der Waals surface area contributed by atoms with Gasteiger partial charge in [0.25, 0.3) is 0 Å². The van der Waals surface area contributed by atoms with Crippen LogP contribution in [0.4, 0.5) is 0 Å². The molecule has 1 fully saturated rings. The normalized spacial score (nSPS) is 22.7. The zero-order valence-corrected chi connectivity index (χ0v) is 14.8. The van der Waals surface area contributed by atoms with Crippen molar-refractivity contribution in [3.8, 4) is 0 Å². The largest absolute Gasteiger partial charge is 0.335 e. The number of quaternary nitrogens is 1. The third-order valence-electron chi connectivity index (χ3n) is 5.55. The molecule has 1 atom stereocenters. The van der Waals surface area contributed by atoms with Crippen molar-refractivity contribution in [2.24, 2.45) is 5.92 Å². The van der Waals surface area contributed by atoms with Crippen molar-refractivity contribution < 1.29 is 4.90 Å². The summed E-state index contributed by atoms with van der Waals surface area (Å²) in [6, 6.07) is 18.4. The van der Waals surface area contributed by atoms with E-state index < -0.39 is 0 Å². The number of rotatable bonds is 4. The predicted octanol–water partition coefficient (Wildman–Crippen LogP) is 3.75. The first-order chi connectivity index (χ1) is 11.2. The highest BCUT2D eigenvalue weighted by atomic mass is 15.1. The first kappa shape index (κ1) is 16.3. The summed E-state index contributed by atoms with van der Waals surface area (Å²) in [5.74, 6) is 1.32. The fraction of sp³-hybridized carbons (Fsp3) is 0.455. The molecule has 1 heteroatoms. The fourth-order valence-corrected chi connectivity index (χ4v) is 4.11. The SMILES string of the molecule is CC[NH+]1CCC([C@H](c2ccc(C)cc2)c2cccc(C)c2)CC1. The molecular weight excluding hydrogens is 278 g/mol. The zero-order valence-electron chi connectivity index (χ0n) is 14.8. The zero-order chi connectivity index (χ0) is 16.2. The number of aryl methyl sites for hydroxylation is 2. The lowest BCUT2D eigenvalue weighted by molar-refractivity contribution is -0.904. The molecule has 0 unspecified atom stereocenters. The smallest absolute Gasteiger partial charge is 0.0773 e. The van der Waals surface area contributed by atoms with Crippen LogP contribution in [0.5, 0.6) is 0 Å². The molecule has 1 saturated heterocycles. The Morgan fingerprint density at radius 3 is 2.22 bits per heavy atom. The maximum atomic E-state index is 2.39. The van der Waals surface area contributed by atoms with E-state index in [0.29, 0.717) is 5.92 Å². The van der Waals surface area contributed by atoms with Gasteiger partial charge in [-0.1, -0.05) is 59.7 Å². The Hall–Kier alpha value is -1.60. The van der Waals surface area contributed by atoms with Crippen molar-refractivity contribution in [3.63, 3.8) is 0 Å². The molecule has 1 nitrogen and oxygen atoms in total. The first-order valence-corrected chi connectivity index (χ1v) is 9.14. The van der Waals surface area contributed by atoms with Crippen molar-refractivity contribution in [1.29, 1.82) is 0 Å². The number of benzene rings is 2. The molecule has 1 aliphatic heterocycles. The van der Waals surface area contributed by atoms with Gasteiger partial charge in [0.05, 0.1) is 19.6 Å². The second-order valence-corrected chi connectivity index (χ2v) is 7.24. The Labute approximate surface area is 141 Å². The van der Waals surface area contributed by atoms with Crippen LogP contribution in [0.1, 0.15) is 47.9 Å². The molecule has 0 radical (unpaired) electrons. The Morgan fingerprint density at radius 2 is 1.61 bits per heavy atom. The van der Waals surface area contributed by atoms with E-state index in [-0.39, 0.29) is 0 Å². The number of hydrogen-bond donors (Lipinski definition) is 1. The van der Waals surface area contributed by atoms with Gasteiger partial charge in [-0.3, -0.25) is 0 Å². The molecule has 0 amide bonds. The summed E-state index contributed by atoms with van der Waals surface area (Å²) in [5, 5.41) is 0. The summed E-state index contributed by atoms with van der Waals surface area (Å²) >= 11 is 0. The van der Waals surface area contributed by atoms with Gasteiger partial charge >= 0.3 is 0 Å². The summed E-state index contributed by atoms with van der Waals surface area (Å²) in [7, 11) is 0. The second-order valence-electron chi connectivity index (χ2n) is 7.24. The van der Waals surface area contributed by atoms with Crippen LogP contribution in [-0.4, -0.2) is 19.6 Å². The topological polar surface area (TPSA) is 4.44 Å². The molecular formula is C22H30N+. The summed E-state index contributed by atoms with van der Waals surface area (Å²) in [5.41, 5.74) is 5.71. The Kier molecular flexibility index (Phi) is 5.17. The highest BCUT2D eigenvalue weighted by Crippen LogP contribution is 2.36. The number of hydrogen-bond acceptors (Lipinski definition) is 0. The van der Waals surface area contributed by atoms with Crippen LogP contribution in [0.15, 0.2) is 48.5 Å². The quantitative estimate of drug-likeness (QED) is 0.877. The van der Waals surface area contributed by atoms with Gasteiger partial charge in [0.15, 0.2) is 0 Å². The highest BCUT2D eigenvalue weighted by Gasteiger charge is 2.30. The van der Waals surface area contributed by atoms with Crippen LogP contribution >= 0.6 is 0 Å². The lowest BCUT2D eigenvalue weighted by atomic mass is 9.75. The maximum absolute atomic E-state index is 2.39. The van der Waals surface area contributed by atoms with Crippen molar-refractivity contribution >= 4 is 0 Å². The van der Waals surface area contributed by atoms with E-state index in [1.807, 2.05) is 0 Å². The van der Waals surface area contributed by atoms with E-state index in [4.69, 9.17) is 0 Å². The summed E-state index contributed by atoms with van der Waals surface area (Å²) < 4.78 is 0. The molecule has 122 valence electrons. The van der Waals surface area contributed by atoms with E-state index in [9.17, 15) is 0 Å². The van der Waals surface area contributed by atoms with Crippen molar-refractivity contribution in [2.45, 2.75) is 39.5 Å². The van der Waals surface area contributed by atoms with Crippen LogP contribution in [0.25, 0.3) is 0 Å². The maximum Gasteiger partial charge on any atom is 0.0773 e. The fourth-order valence-electron chi connectivity index (χ4n) is 4.11. The van der Waals surface area contributed by atoms with Crippen LogP contribution in [0, 0.1) is 19.8 Å². The number of nitrogens with one attached hydrogen (secondary N) is 1. The van der Waals surface area contributed by atoms with Gasteiger partial charge in [0.2, 0.25) is 0 Å². The van der Waals surface area contributed by atoms with E-state index in [1.165, 1.54) is 54.7 Å². The number of piperidine rings is 1. The van der Waals surface area contributed by atoms with Crippen molar-refractivity contribution in [2.75, 3.05) is 19.6 Å². The number of likely N-dealkylation sites (tertiary alicyclic amines) is 1. The van der Waals surface area contributed by atoms with Crippen LogP contribution in [-0.2, 0) is 0 Å². The van der Waals surface area contributed by atoms with Gasteiger partial charge in [0, 0.05) is 18.8 Å². The lowest BCUT2D eigenvalue weighted by Gasteiger charge is -2.34. The third-order valence-corrected chi connectivity index (χ3v) is 5.55. The Balaban J connectivity index is 1.92. The predicted molar refractivity (Wildman–Crippen MR) is 98.2 cm³/mol. The van der Waals surface area contributed by atoms with E-state index in [2.05, 4.69) is 69.3 Å². The van der Waals surface area contributed by atoms with E-state index in [1.54, 1.807) is 4.90 Å². The summed E-state index contributed by atoms with van der Waals surface area (Å²) in [4.78, 5) is 1.77. The standard InChI is InChI=1S/C22H29N/c1-4-23-14-12-20(13-15-23)22(19-10-8-17(2)9-11-19)21-7-5-6-18(3)16-21/h5-11,16,20,22H,4,12-15H2,1-3H3/p+1/t22-/m0/s1. The van der Waals surface area contributed by atoms with Crippen LogP contribution in [0.2, 0.25) is 0 Å². The molecule has 1 N–H and O–H groups in total. The molecule has 0 aliphatic carbocycles. The molecule has 0 saturated carbocycles. The molecule has 0 aromatic heterocycles. The van der Waals surface area contributed by atoms with Crippen LogP contribution < -0.4 is 4.90 Å². The first-order valence-electron chi connectivity index (χ1n) is 9.14. The molecule has 0 spiro atoms. The Morgan fingerprint density at radius 1 is 0.913 bits per heavy atom. The molecule has 2 aromatic rings. The van der Waals surface area contributed by atoms with Crippen molar-refractivity contribution in [1.82, 2.24) is 0 Å². The van der Waals surface area contributed by atoms with Gasteiger partial charge in [-0.25, -0.2) is 0 Å². The minimum Gasteiger partial charge on any atom is -0.335 e. The van der Waals surface area contributed by atoms with Gasteiger partial charge in [0.1, 0.15) is 0 Å². The molecule has 3 rings (SSSR count). The molecule has 1 heterocycles. The van der Waals surface area contributed by atoms with Crippen LogP contribution in [0.3, 0.4) is 0 Å². The van der Waals surface area contributed by atoms with Gasteiger partial charge in [-0.15, -0.1) is 0 Å². The molecule has 23 heavy (non-hydrogen) atoms. The summed E-state index contributed by atoms with van der Waals surface area (Å²) in [6.07, 6.45) is 2.69. The third kappa shape index (κ3) is 3.84. The average molecular weight is 308 g/mol. The second kappa shape index (κ2) is 7.31. The summed E-state index contributed by atoms with van der Waals surface area (Å²) in [6.45, 7) is 10.6. The monoisotopic (exact) mass is 308 g/mol. The molecule has 0 bridgehead atoms.